The van der Waals surface area contributed by atoms with Gasteiger partial charge in [0.2, 0.25) is 10.0 Å². The highest BCUT2D eigenvalue weighted by Crippen LogP contribution is 2.38. The molecule has 4 rings (SSSR count). The number of hydrogen-bond acceptors (Lipinski definition) is 3. The van der Waals surface area contributed by atoms with E-state index in [1.807, 2.05) is 19.1 Å². The van der Waals surface area contributed by atoms with Crippen LogP contribution in [0.3, 0.4) is 0 Å². The van der Waals surface area contributed by atoms with Crippen LogP contribution in [0.4, 0.5) is 14.5 Å². The van der Waals surface area contributed by atoms with Crippen molar-refractivity contribution < 1.29 is 17.2 Å². The molecular weight excluding hydrogens is 406 g/mol. The van der Waals surface area contributed by atoms with Crippen LogP contribution in [-0.4, -0.2) is 19.7 Å². The van der Waals surface area contributed by atoms with Crippen molar-refractivity contribution in [3.8, 4) is 0 Å². The van der Waals surface area contributed by atoms with E-state index in [-0.39, 0.29) is 11.5 Å². The summed E-state index contributed by atoms with van der Waals surface area (Å²) in [7, 11) is -3.55. The van der Waals surface area contributed by atoms with Crippen LogP contribution >= 0.6 is 0 Å². The molecule has 0 spiro atoms. The Hall–Kier alpha value is -3.06. The molecule has 1 aromatic heterocycles. The number of fused-ring (bicyclic) bond motifs is 2. The number of hydrogen-bond donors (Lipinski definition) is 1. The highest BCUT2D eigenvalue weighted by atomic mass is 32.2. The van der Waals surface area contributed by atoms with Gasteiger partial charge in [-0.25, -0.2) is 17.2 Å². The molecule has 30 heavy (non-hydrogen) atoms. The summed E-state index contributed by atoms with van der Waals surface area (Å²) in [6.07, 6.45) is 4.03. The Morgan fingerprint density at radius 1 is 1.00 bits per heavy atom. The first-order chi connectivity index (χ1) is 14.2. The number of halogens is 2. The van der Waals surface area contributed by atoms with Crippen LogP contribution in [0.25, 0.3) is 11.1 Å². The Bertz CT molecular complexity index is 1280. The van der Waals surface area contributed by atoms with Gasteiger partial charge in [-0.3, -0.25) is 9.71 Å². The average molecular weight is 426 g/mol. The first-order valence-electron chi connectivity index (χ1n) is 9.44. The second-order valence-corrected chi connectivity index (χ2v) is 9.15. The van der Waals surface area contributed by atoms with E-state index < -0.39 is 15.8 Å². The van der Waals surface area contributed by atoms with Crippen LogP contribution in [0.1, 0.15) is 34.9 Å². The third-order valence-electron chi connectivity index (χ3n) is 5.14. The van der Waals surface area contributed by atoms with Crippen LogP contribution in [0.15, 0.2) is 54.7 Å². The molecule has 0 fully saturated rings. The Kier molecular flexibility index (Phi) is 5.15. The lowest BCUT2D eigenvalue weighted by atomic mass is 9.88. The number of aryl methyl sites for hydroxylation is 2. The number of benzene rings is 2. The van der Waals surface area contributed by atoms with E-state index >= 15 is 0 Å². The van der Waals surface area contributed by atoms with Gasteiger partial charge in [0, 0.05) is 17.5 Å². The maximum atomic E-state index is 14.3. The summed E-state index contributed by atoms with van der Waals surface area (Å²) in [5.41, 5.74) is 5.76. The van der Waals surface area contributed by atoms with Crippen molar-refractivity contribution in [2.75, 3.05) is 11.0 Å². The highest BCUT2D eigenvalue weighted by molar-refractivity contribution is 7.92. The summed E-state index contributed by atoms with van der Waals surface area (Å²) >= 11 is 0. The SMILES string of the molecule is CC(=C1c2ccc(F)cc2CCc2ncccc21)c1cc(F)cc(NS(C)(=O)=O)c1. The number of nitrogens with one attached hydrogen (secondary N) is 1. The molecule has 0 amide bonds. The van der Waals surface area contributed by atoms with Gasteiger partial charge < -0.3 is 0 Å². The van der Waals surface area contributed by atoms with E-state index in [9.17, 15) is 17.2 Å². The van der Waals surface area contributed by atoms with Gasteiger partial charge in [-0.1, -0.05) is 12.1 Å². The number of sulfonamides is 1. The first-order valence-corrected chi connectivity index (χ1v) is 11.3. The van der Waals surface area contributed by atoms with Crippen molar-refractivity contribution in [3.05, 3.63) is 94.3 Å². The number of allylic oxidation sites excluding steroid dienone is 1. The second-order valence-electron chi connectivity index (χ2n) is 7.40. The third kappa shape index (κ3) is 4.11. The number of pyridine rings is 1. The van der Waals surface area contributed by atoms with Crippen LogP contribution in [0, 0.1) is 11.6 Å². The normalized spacial score (nSPS) is 15.1. The summed E-state index contributed by atoms with van der Waals surface area (Å²) in [4.78, 5) is 4.50. The first kappa shape index (κ1) is 20.2. The largest absolute Gasteiger partial charge is 0.284 e. The molecule has 1 aliphatic carbocycles. The van der Waals surface area contributed by atoms with Crippen molar-refractivity contribution in [2.24, 2.45) is 0 Å². The van der Waals surface area contributed by atoms with Crippen molar-refractivity contribution in [1.29, 1.82) is 0 Å². The Balaban J connectivity index is 1.98. The van der Waals surface area contributed by atoms with E-state index in [4.69, 9.17) is 0 Å². The molecule has 0 bridgehead atoms. The summed E-state index contributed by atoms with van der Waals surface area (Å²) in [5, 5.41) is 0. The lowest BCUT2D eigenvalue weighted by Gasteiger charge is -2.17. The zero-order valence-corrected chi connectivity index (χ0v) is 17.4. The molecule has 1 N–H and O–H groups in total. The summed E-state index contributed by atoms with van der Waals surface area (Å²) in [6, 6.07) is 12.6. The predicted molar refractivity (Wildman–Crippen MR) is 115 cm³/mol. The van der Waals surface area contributed by atoms with Crippen LogP contribution in [0.2, 0.25) is 0 Å². The van der Waals surface area contributed by atoms with E-state index in [2.05, 4.69) is 9.71 Å². The number of nitrogens with zero attached hydrogens (tertiary/aromatic N) is 1. The van der Waals surface area contributed by atoms with Crippen molar-refractivity contribution in [2.45, 2.75) is 19.8 Å². The molecule has 0 aliphatic heterocycles. The number of aromatic nitrogens is 1. The molecule has 1 heterocycles. The zero-order valence-electron chi connectivity index (χ0n) is 16.5. The fourth-order valence-electron chi connectivity index (χ4n) is 3.90. The number of anilines is 1. The Morgan fingerprint density at radius 2 is 1.80 bits per heavy atom. The van der Waals surface area contributed by atoms with Gasteiger partial charge in [-0.15, -0.1) is 0 Å². The molecular formula is C23H20F2N2O2S. The molecule has 0 radical (unpaired) electrons. The topological polar surface area (TPSA) is 59.1 Å². The van der Waals surface area contributed by atoms with Gasteiger partial charge in [-0.05, 0) is 84.0 Å². The smallest absolute Gasteiger partial charge is 0.229 e. The number of rotatable bonds is 3. The molecule has 154 valence electrons. The lowest BCUT2D eigenvalue weighted by molar-refractivity contribution is 0.606. The zero-order chi connectivity index (χ0) is 21.5. The Morgan fingerprint density at radius 3 is 2.57 bits per heavy atom. The van der Waals surface area contributed by atoms with E-state index in [1.165, 1.54) is 18.2 Å². The van der Waals surface area contributed by atoms with E-state index in [0.717, 1.165) is 45.9 Å². The minimum Gasteiger partial charge on any atom is -0.284 e. The monoisotopic (exact) mass is 426 g/mol. The molecule has 0 atom stereocenters. The lowest BCUT2D eigenvalue weighted by Crippen LogP contribution is -2.10. The van der Waals surface area contributed by atoms with Crippen molar-refractivity contribution in [1.82, 2.24) is 4.98 Å². The average Bonchev–Trinajstić information content (AvgIpc) is 2.82. The minimum atomic E-state index is -3.55. The molecule has 3 aromatic rings. The van der Waals surface area contributed by atoms with Gasteiger partial charge >= 0.3 is 0 Å². The van der Waals surface area contributed by atoms with E-state index in [1.54, 1.807) is 18.3 Å². The molecule has 0 unspecified atom stereocenters. The van der Waals surface area contributed by atoms with Crippen LogP contribution < -0.4 is 4.72 Å². The van der Waals surface area contributed by atoms with Crippen molar-refractivity contribution in [3.63, 3.8) is 0 Å². The van der Waals surface area contributed by atoms with Crippen LogP contribution in [0.5, 0.6) is 0 Å². The third-order valence-corrected chi connectivity index (χ3v) is 5.74. The van der Waals surface area contributed by atoms with Gasteiger partial charge in [-0.2, -0.15) is 0 Å². The van der Waals surface area contributed by atoms with Crippen LogP contribution in [-0.2, 0) is 22.9 Å². The molecule has 1 aliphatic rings. The van der Waals surface area contributed by atoms with Gasteiger partial charge in [0.25, 0.3) is 0 Å². The standard InChI is InChI=1S/C23H20F2N2O2S/c1-14(16-11-18(25)13-19(12-16)27-30(2,28)29)23-20-7-6-17(24)10-15(20)5-8-22-21(23)4-3-9-26-22/h3-4,6-7,9-13,27H,5,8H2,1-2H3. The molecule has 4 nitrogen and oxygen atoms in total. The summed E-state index contributed by atoms with van der Waals surface area (Å²) in [6.45, 7) is 1.85. The maximum Gasteiger partial charge on any atom is 0.229 e. The highest BCUT2D eigenvalue weighted by Gasteiger charge is 2.22. The summed E-state index contributed by atoms with van der Waals surface area (Å²) < 4.78 is 53.8. The maximum absolute atomic E-state index is 14.3. The quantitative estimate of drug-likeness (QED) is 0.654. The minimum absolute atomic E-state index is 0.145. The predicted octanol–water partition coefficient (Wildman–Crippen LogP) is 4.81. The molecule has 2 aromatic carbocycles. The molecule has 0 saturated carbocycles. The van der Waals surface area contributed by atoms with E-state index in [0.29, 0.717) is 18.4 Å². The fraction of sp³-hybridized carbons (Fsp3) is 0.174. The second kappa shape index (κ2) is 7.65. The molecule has 7 heteroatoms. The Labute approximate surface area is 174 Å². The fourth-order valence-corrected chi connectivity index (χ4v) is 4.45. The van der Waals surface area contributed by atoms with Gasteiger partial charge in [0.15, 0.2) is 0 Å². The van der Waals surface area contributed by atoms with Gasteiger partial charge in [0.1, 0.15) is 11.6 Å². The molecule has 0 saturated heterocycles. The van der Waals surface area contributed by atoms with Gasteiger partial charge in [0.05, 0.1) is 11.9 Å². The van der Waals surface area contributed by atoms with Crippen molar-refractivity contribution >= 4 is 26.9 Å². The summed E-state index contributed by atoms with van der Waals surface area (Å²) in [5.74, 6) is -0.868.